The summed E-state index contributed by atoms with van der Waals surface area (Å²) in [6.45, 7) is 2.28. The Hall–Kier alpha value is -3.67. The zero-order valence-electron chi connectivity index (χ0n) is 18.5. The van der Waals surface area contributed by atoms with Crippen LogP contribution in [-0.4, -0.2) is 45.4 Å². The van der Waals surface area contributed by atoms with E-state index in [-0.39, 0.29) is 10.9 Å². The van der Waals surface area contributed by atoms with Crippen LogP contribution in [0.1, 0.15) is 22.8 Å². The van der Waals surface area contributed by atoms with E-state index in [9.17, 15) is 18.5 Å². The van der Waals surface area contributed by atoms with Gasteiger partial charge in [0.1, 0.15) is 4.90 Å². The van der Waals surface area contributed by atoms with Gasteiger partial charge in [-0.2, -0.15) is 9.57 Å². The van der Waals surface area contributed by atoms with Crippen LogP contribution in [0.3, 0.4) is 0 Å². The van der Waals surface area contributed by atoms with Gasteiger partial charge in [0, 0.05) is 30.9 Å². The third-order valence-corrected chi connectivity index (χ3v) is 7.90. The Balaban J connectivity index is 2.00. The number of ether oxygens (including phenoxy) is 1. The number of sulfonamides is 1. The highest BCUT2D eigenvalue weighted by Crippen LogP contribution is 2.40. The fourth-order valence-electron chi connectivity index (χ4n) is 3.97. The summed E-state index contributed by atoms with van der Waals surface area (Å²) >= 11 is 0. The number of rotatable bonds is 3. The van der Waals surface area contributed by atoms with Crippen LogP contribution in [0.5, 0.6) is 0 Å². The van der Waals surface area contributed by atoms with E-state index < -0.39 is 16.0 Å². The van der Waals surface area contributed by atoms with Crippen LogP contribution in [0, 0.1) is 11.3 Å². The van der Waals surface area contributed by atoms with E-state index in [4.69, 9.17) is 4.74 Å². The van der Waals surface area contributed by atoms with E-state index in [1.807, 2.05) is 42.2 Å². The van der Waals surface area contributed by atoms with Gasteiger partial charge in [-0.05, 0) is 48.9 Å². The van der Waals surface area contributed by atoms with Gasteiger partial charge in [0.15, 0.2) is 0 Å². The van der Waals surface area contributed by atoms with Crippen LogP contribution in [0.2, 0.25) is 0 Å². The van der Waals surface area contributed by atoms with Gasteiger partial charge in [0.25, 0.3) is 0 Å². The summed E-state index contributed by atoms with van der Waals surface area (Å²) < 4.78 is 33.3. The molecular formula is C25H23N3O4S. The normalized spacial score (nSPS) is 17.5. The highest BCUT2D eigenvalue weighted by atomic mass is 32.2. The number of methoxy groups -OCH3 is 1. The number of carbonyl (C=O) groups excluding carboxylic acids is 1. The largest absolute Gasteiger partial charge is 0.465 e. The molecule has 1 aliphatic heterocycles. The molecule has 33 heavy (non-hydrogen) atoms. The Bertz CT molecular complexity index is 1360. The maximum Gasteiger partial charge on any atom is 0.337 e. The minimum atomic E-state index is -3.84. The number of nitrogens with zero attached hydrogens (tertiary/aromatic N) is 3. The molecule has 7 nitrogen and oxygen atoms in total. The van der Waals surface area contributed by atoms with Crippen LogP contribution >= 0.6 is 0 Å². The Kier molecular flexibility index (Phi) is 5.93. The summed E-state index contributed by atoms with van der Waals surface area (Å²) in [6, 6.07) is 21.1. The molecule has 1 unspecified atom stereocenters. The first-order chi connectivity index (χ1) is 15.8. The number of benzene rings is 3. The molecule has 0 N–H and O–H groups in total. The number of anilines is 2. The van der Waals surface area contributed by atoms with Gasteiger partial charge < -0.3 is 9.64 Å². The molecule has 4 rings (SSSR count). The lowest BCUT2D eigenvalue weighted by Gasteiger charge is -2.27. The molecule has 8 heteroatoms. The van der Waals surface area contributed by atoms with Crippen molar-refractivity contribution in [3.8, 4) is 17.2 Å². The molecule has 0 saturated heterocycles. The Labute approximate surface area is 193 Å². The van der Waals surface area contributed by atoms with Crippen LogP contribution in [0.25, 0.3) is 11.1 Å². The van der Waals surface area contributed by atoms with E-state index in [2.05, 4.69) is 6.07 Å². The predicted molar refractivity (Wildman–Crippen MR) is 126 cm³/mol. The second kappa shape index (κ2) is 8.70. The van der Waals surface area contributed by atoms with Crippen LogP contribution in [0.15, 0.2) is 71.6 Å². The molecule has 3 aromatic rings. The van der Waals surface area contributed by atoms with E-state index in [1.54, 1.807) is 37.4 Å². The molecular weight excluding hydrogens is 438 g/mol. The number of hydrogen-bond donors (Lipinski definition) is 0. The maximum absolute atomic E-state index is 13.6. The molecule has 3 aromatic carbocycles. The molecule has 0 aliphatic carbocycles. The number of fused-ring (bicyclic) bond motifs is 1. The van der Waals surface area contributed by atoms with Gasteiger partial charge in [-0.25, -0.2) is 13.2 Å². The fraction of sp³-hybridized carbons (Fsp3) is 0.200. The highest BCUT2D eigenvalue weighted by molar-refractivity contribution is 7.89. The number of carbonyl (C=O) groups is 1. The minimum absolute atomic E-state index is 0.107. The zero-order valence-corrected chi connectivity index (χ0v) is 19.3. The molecule has 1 heterocycles. The molecule has 0 aromatic heterocycles. The topological polar surface area (TPSA) is 90.7 Å². The second-order valence-corrected chi connectivity index (χ2v) is 9.83. The van der Waals surface area contributed by atoms with Gasteiger partial charge in [0.05, 0.1) is 30.0 Å². The lowest BCUT2D eigenvalue weighted by Crippen LogP contribution is -2.38. The van der Waals surface area contributed by atoms with E-state index in [0.29, 0.717) is 34.5 Å². The van der Waals surface area contributed by atoms with Crippen molar-refractivity contribution in [2.75, 3.05) is 25.6 Å². The van der Waals surface area contributed by atoms with Crippen molar-refractivity contribution >= 4 is 27.4 Å². The van der Waals surface area contributed by atoms with Crippen molar-refractivity contribution in [3.63, 3.8) is 0 Å². The quantitative estimate of drug-likeness (QED) is 0.544. The van der Waals surface area contributed by atoms with Gasteiger partial charge in [-0.3, -0.25) is 0 Å². The summed E-state index contributed by atoms with van der Waals surface area (Å²) in [5.41, 5.74) is 2.89. The lowest BCUT2D eigenvalue weighted by atomic mass is 9.97. The number of esters is 1. The van der Waals surface area contributed by atoms with Crippen LogP contribution < -0.4 is 4.90 Å². The van der Waals surface area contributed by atoms with Crippen molar-refractivity contribution in [1.29, 1.82) is 5.26 Å². The standard InChI is InChI=1S/C25H23N3O4S/c1-17-16-28(21-10-5-4-6-11-21)23-13-20(15-26)22(14-24(23)33(30,31)27(17)2)18-8-7-9-19(12-18)25(29)32-3/h4-14,17H,16H2,1-3H3. The zero-order chi connectivity index (χ0) is 23.8. The predicted octanol–water partition coefficient (Wildman–Crippen LogP) is 4.17. The molecule has 1 aliphatic rings. The van der Waals surface area contributed by atoms with Crippen molar-refractivity contribution in [2.24, 2.45) is 0 Å². The van der Waals surface area contributed by atoms with Crippen molar-refractivity contribution in [3.05, 3.63) is 77.9 Å². The van der Waals surface area contributed by atoms with Crippen molar-refractivity contribution < 1.29 is 17.9 Å². The summed E-state index contributed by atoms with van der Waals surface area (Å²) in [7, 11) is -0.988. The molecule has 1 atom stereocenters. The number of likely N-dealkylation sites (N-methyl/N-ethyl adjacent to an activating group) is 1. The van der Waals surface area contributed by atoms with E-state index in [0.717, 1.165) is 5.69 Å². The molecule has 0 bridgehead atoms. The third kappa shape index (κ3) is 3.97. The smallest absolute Gasteiger partial charge is 0.337 e. The summed E-state index contributed by atoms with van der Waals surface area (Å²) in [5.74, 6) is -0.512. The van der Waals surface area contributed by atoms with Gasteiger partial charge >= 0.3 is 5.97 Å². The Morgan fingerprint density at radius 3 is 2.48 bits per heavy atom. The van der Waals surface area contributed by atoms with E-state index >= 15 is 0 Å². The minimum Gasteiger partial charge on any atom is -0.465 e. The van der Waals surface area contributed by atoms with Crippen molar-refractivity contribution in [2.45, 2.75) is 17.9 Å². The van der Waals surface area contributed by atoms with Gasteiger partial charge in [0.2, 0.25) is 10.0 Å². The third-order valence-electron chi connectivity index (χ3n) is 5.90. The first-order valence-electron chi connectivity index (χ1n) is 10.4. The molecule has 0 spiro atoms. The number of nitriles is 1. The Morgan fingerprint density at radius 2 is 1.82 bits per heavy atom. The highest BCUT2D eigenvalue weighted by Gasteiger charge is 2.36. The second-order valence-electron chi connectivity index (χ2n) is 7.87. The maximum atomic E-state index is 13.6. The molecule has 0 amide bonds. The van der Waals surface area contributed by atoms with Gasteiger partial charge in [-0.1, -0.05) is 30.3 Å². The summed E-state index contributed by atoms with van der Waals surface area (Å²) in [5, 5.41) is 9.95. The average molecular weight is 462 g/mol. The molecule has 168 valence electrons. The molecule has 0 fully saturated rings. The van der Waals surface area contributed by atoms with Gasteiger partial charge in [-0.15, -0.1) is 0 Å². The molecule has 0 saturated carbocycles. The number of hydrogen-bond acceptors (Lipinski definition) is 6. The SMILES string of the molecule is COC(=O)c1cccc(-c2cc3c(cc2C#N)N(c2ccccc2)CC(C)N(C)S3(=O)=O)c1. The van der Waals surface area contributed by atoms with Crippen LogP contribution in [-0.2, 0) is 14.8 Å². The fourth-order valence-corrected chi connectivity index (χ4v) is 5.52. The lowest BCUT2D eigenvalue weighted by molar-refractivity contribution is 0.0600. The summed E-state index contributed by atoms with van der Waals surface area (Å²) in [4.78, 5) is 14.0. The average Bonchev–Trinajstić information content (AvgIpc) is 2.92. The van der Waals surface area contributed by atoms with E-state index in [1.165, 1.54) is 17.5 Å². The number of para-hydroxylation sites is 1. The Morgan fingerprint density at radius 1 is 1.09 bits per heavy atom. The first kappa shape index (κ1) is 22.5. The molecule has 0 radical (unpaired) electrons. The summed E-state index contributed by atoms with van der Waals surface area (Å²) in [6.07, 6.45) is 0. The monoisotopic (exact) mass is 461 g/mol. The first-order valence-corrected chi connectivity index (χ1v) is 11.8. The van der Waals surface area contributed by atoms with Crippen LogP contribution in [0.4, 0.5) is 11.4 Å². The van der Waals surface area contributed by atoms with Crippen molar-refractivity contribution in [1.82, 2.24) is 4.31 Å².